The molecule has 2 aromatic carbocycles. The van der Waals surface area contributed by atoms with Crippen LogP contribution in [0.25, 0.3) is 0 Å². The van der Waals surface area contributed by atoms with Gasteiger partial charge in [0.1, 0.15) is 5.82 Å². The van der Waals surface area contributed by atoms with Crippen molar-refractivity contribution in [3.63, 3.8) is 0 Å². The monoisotopic (exact) mass is 301 g/mol. The van der Waals surface area contributed by atoms with E-state index in [1.165, 1.54) is 0 Å². The molecule has 2 N–H and O–H groups in total. The molecule has 0 spiro atoms. The predicted molar refractivity (Wildman–Crippen MR) is 71.2 cm³/mol. The first-order chi connectivity index (χ1) is 9.47. The van der Waals surface area contributed by atoms with Gasteiger partial charge in [-0.3, -0.25) is 0 Å². The van der Waals surface area contributed by atoms with Crippen molar-refractivity contribution in [3.05, 3.63) is 64.4 Å². The van der Waals surface area contributed by atoms with Crippen molar-refractivity contribution < 1.29 is 18.3 Å². The Morgan fingerprint density at radius 2 is 1.60 bits per heavy atom. The molecule has 0 aliphatic heterocycles. The Morgan fingerprint density at radius 1 is 1.00 bits per heavy atom. The summed E-state index contributed by atoms with van der Waals surface area (Å²) >= 11 is 5.72. The number of anilines is 1. The van der Waals surface area contributed by atoms with E-state index < -0.39 is 23.6 Å². The van der Waals surface area contributed by atoms with E-state index >= 15 is 0 Å². The predicted octanol–water partition coefficient (Wildman–Crippen LogP) is 3.90. The van der Waals surface area contributed by atoms with Gasteiger partial charge in [-0.25, -0.2) is 13.2 Å². The van der Waals surface area contributed by atoms with Crippen molar-refractivity contribution in [1.82, 2.24) is 0 Å². The van der Waals surface area contributed by atoms with Crippen molar-refractivity contribution in [2.24, 2.45) is 0 Å². The third kappa shape index (κ3) is 3.43. The minimum Gasteiger partial charge on any atom is -0.387 e. The molecule has 0 heterocycles. The van der Waals surface area contributed by atoms with Gasteiger partial charge in [-0.2, -0.15) is 0 Å². The third-order valence-corrected chi connectivity index (χ3v) is 3.00. The van der Waals surface area contributed by atoms with Gasteiger partial charge in [0.25, 0.3) is 0 Å². The van der Waals surface area contributed by atoms with Crippen LogP contribution in [0, 0.1) is 17.5 Å². The number of aliphatic hydroxyl groups is 1. The van der Waals surface area contributed by atoms with Crippen LogP contribution in [0.2, 0.25) is 5.02 Å². The molecular weight excluding hydrogens is 291 g/mol. The number of benzene rings is 2. The minimum absolute atomic E-state index is 0.0520. The van der Waals surface area contributed by atoms with Crippen LogP contribution >= 0.6 is 11.6 Å². The van der Waals surface area contributed by atoms with Gasteiger partial charge in [0.15, 0.2) is 11.6 Å². The van der Waals surface area contributed by atoms with E-state index in [4.69, 9.17) is 11.6 Å². The fourth-order valence-corrected chi connectivity index (χ4v) is 1.79. The molecular formula is C14H11ClF3NO. The Hall–Kier alpha value is -1.72. The fourth-order valence-electron chi connectivity index (χ4n) is 1.67. The van der Waals surface area contributed by atoms with Gasteiger partial charge in [0.2, 0.25) is 0 Å². The summed E-state index contributed by atoms with van der Waals surface area (Å²) < 4.78 is 39.1. The molecule has 0 aliphatic carbocycles. The van der Waals surface area contributed by atoms with Crippen LogP contribution in [0.5, 0.6) is 0 Å². The molecule has 1 atom stereocenters. The number of hydrogen-bond donors (Lipinski definition) is 2. The van der Waals surface area contributed by atoms with Crippen molar-refractivity contribution in [1.29, 1.82) is 0 Å². The van der Waals surface area contributed by atoms with E-state index in [-0.39, 0.29) is 12.2 Å². The molecule has 0 radical (unpaired) electrons. The lowest BCUT2D eigenvalue weighted by atomic mass is 10.1. The van der Waals surface area contributed by atoms with Gasteiger partial charge < -0.3 is 10.4 Å². The average Bonchev–Trinajstić information content (AvgIpc) is 2.42. The van der Waals surface area contributed by atoms with E-state index in [0.717, 1.165) is 0 Å². The zero-order chi connectivity index (χ0) is 14.7. The quantitative estimate of drug-likeness (QED) is 0.839. The van der Waals surface area contributed by atoms with Crippen LogP contribution in [0.4, 0.5) is 18.9 Å². The highest BCUT2D eigenvalue weighted by atomic mass is 35.5. The highest BCUT2D eigenvalue weighted by molar-refractivity contribution is 6.30. The van der Waals surface area contributed by atoms with Crippen LogP contribution in [0.1, 0.15) is 11.7 Å². The summed E-state index contributed by atoms with van der Waals surface area (Å²) in [6.07, 6.45) is -0.931. The molecule has 1 unspecified atom stereocenters. The molecule has 0 fully saturated rings. The highest BCUT2D eigenvalue weighted by Crippen LogP contribution is 2.21. The summed E-state index contributed by atoms with van der Waals surface area (Å²) in [6.45, 7) is -0.0520. The molecule has 2 aromatic rings. The summed E-state index contributed by atoms with van der Waals surface area (Å²) in [4.78, 5) is 0. The first kappa shape index (κ1) is 14.7. The van der Waals surface area contributed by atoms with Crippen LogP contribution in [-0.2, 0) is 0 Å². The summed E-state index contributed by atoms with van der Waals surface area (Å²) in [5, 5.41) is 12.9. The normalized spacial score (nSPS) is 12.2. The third-order valence-electron chi connectivity index (χ3n) is 2.75. The van der Waals surface area contributed by atoms with Crippen molar-refractivity contribution in [3.8, 4) is 0 Å². The second-order valence-electron chi connectivity index (χ2n) is 4.19. The molecule has 0 saturated carbocycles. The van der Waals surface area contributed by atoms with E-state index in [0.29, 0.717) is 22.7 Å². The lowest BCUT2D eigenvalue weighted by Crippen LogP contribution is -2.13. The first-order valence-electron chi connectivity index (χ1n) is 5.79. The van der Waals surface area contributed by atoms with Gasteiger partial charge in [-0.05, 0) is 17.7 Å². The zero-order valence-corrected chi connectivity index (χ0v) is 11.0. The van der Waals surface area contributed by atoms with Gasteiger partial charge in [-0.15, -0.1) is 0 Å². The number of rotatable bonds is 4. The molecule has 106 valence electrons. The Morgan fingerprint density at radius 3 is 2.25 bits per heavy atom. The van der Waals surface area contributed by atoms with Crippen LogP contribution in [-0.4, -0.2) is 11.7 Å². The van der Waals surface area contributed by atoms with Crippen LogP contribution in [0.3, 0.4) is 0 Å². The maximum atomic E-state index is 13.4. The average molecular weight is 302 g/mol. The molecule has 2 nitrogen and oxygen atoms in total. The molecule has 20 heavy (non-hydrogen) atoms. The molecule has 0 bridgehead atoms. The molecule has 6 heteroatoms. The topological polar surface area (TPSA) is 32.3 Å². The van der Waals surface area contributed by atoms with Gasteiger partial charge in [0, 0.05) is 23.7 Å². The second kappa shape index (κ2) is 6.15. The Kier molecular flexibility index (Phi) is 4.52. The number of nitrogens with one attached hydrogen (secondary N) is 1. The van der Waals surface area contributed by atoms with E-state index in [2.05, 4.69) is 5.32 Å². The van der Waals surface area contributed by atoms with Crippen molar-refractivity contribution in [2.75, 3.05) is 11.9 Å². The minimum atomic E-state index is -1.26. The largest absolute Gasteiger partial charge is 0.387 e. The van der Waals surface area contributed by atoms with Crippen molar-refractivity contribution in [2.45, 2.75) is 6.10 Å². The van der Waals surface area contributed by atoms with Gasteiger partial charge in [-0.1, -0.05) is 23.7 Å². The molecule has 0 aromatic heterocycles. The summed E-state index contributed by atoms with van der Waals surface area (Å²) in [6, 6.07) is 7.62. The number of aliphatic hydroxyl groups excluding tert-OH is 1. The standard InChI is InChI=1S/C14H11ClF3NO/c15-9-3-1-8(2-4-9)14(20)7-19-13-6-11(17)10(16)5-12(13)18/h1-6,14,19-20H,7H2. The van der Waals surface area contributed by atoms with Gasteiger partial charge >= 0.3 is 0 Å². The Bertz CT molecular complexity index is 604. The Balaban J connectivity index is 2.05. The van der Waals surface area contributed by atoms with Crippen LogP contribution < -0.4 is 5.32 Å². The summed E-state index contributed by atoms with van der Waals surface area (Å²) in [5.74, 6) is -3.34. The first-order valence-corrected chi connectivity index (χ1v) is 6.17. The molecule has 0 saturated heterocycles. The maximum Gasteiger partial charge on any atom is 0.161 e. The van der Waals surface area contributed by atoms with Crippen LogP contribution in [0.15, 0.2) is 36.4 Å². The zero-order valence-electron chi connectivity index (χ0n) is 10.2. The van der Waals surface area contributed by atoms with E-state index in [1.54, 1.807) is 24.3 Å². The SMILES string of the molecule is OC(CNc1cc(F)c(F)cc1F)c1ccc(Cl)cc1. The molecule has 2 rings (SSSR count). The number of hydrogen-bond acceptors (Lipinski definition) is 2. The maximum absolute atomic E-state index is 13.4. The fraction of sp³-hybridized carbons (Fsp3) is 0.143. The Labute approximate surface area is 118 Å². The molecule has 0 aliphatic rings. The molecule has 0 amide bonds. The summed E-state index contributed by atoms with van der Waals surface area (Å²) in [7, 11) is 0. The van der Waals surface area contributed by atoms with Gasteiger partial charge in [0.05, 0.1) is 11.8 Å². The van der Waals surface area contributed by atoms with Crippen molar-refractivity contribution >= 4 is 17.3 Å². The lowest BCUT2D eigenvalue weighted by Gasteiger charge is -2.14. The number of halogens is 4. The summed E-state index contributed by atoms with van der Waals surface area (Å²) in [5.41, 5.74) is 0.363. The van der Waals surface area contributed by atoms with E-state index in [9.17, 15) is 18.3 Å². The lowest BCUT2D eigenvalue weighted by molar-refractivity contribution is 0.191. The highest BCUT2D eigenvalue weighted by Gasteiger charge is 2.12. The smallest absolute Gasteiger partial charge is 0.161 e. The van der Waals surface area contributed by atoms with E-state index in [1.807, 2.05) is 0 Å². The second-order valence-corrected chi connectivity index (χ2v) is 4.63.